The van der Waals surface area contributed by atoms with E-state index in [9.17, 15) is 9.59 Å². The lowest BCUT2D eigenvalue weighted by Crippen LogP contribution is -2.39. The van der Waals surface area contributed by atoms with Crippen LogP contribution in [0.15, 0.2) is 0 Å². The number of hydrogen-bond donors (Lipinski definition) is 2. The lowest BCUT2D eigenvalue weighted by Gasteiger charge is -2.27. The van der Waals surface area contributed by atoms with Gasteiger partial charge in [-0.25, -0.2) is 0 Å². The topological polar surface area (TPSA) is 66.4 Å². The molecular formula is C14H27NO3. The summed E-state index contributed by atoms with van der Waals surface area (Å²) in [5, 5.41) is 11.3. The molecular weight excluding hydrogens is 230 g/mol. The van der Waals surface area contributed by atoms with Crippen LogP contribution in [0.2, 0.25) is 0 Å². The van der Waals surface area contributed by atoms with Gasteiger partial charge in [0.15, 0.2) is 0 Å². The van der Waals surface area contributed by atoms with Crippen LogP contribution in [0, 0.1) is 5.41 Å². The average molecular weight is 257 g/mol. The minimum absolute atomic E-state index is 0.0113. The van der Waals surface area contributed by atoms with Crippen molar-refractivity contribution in [3.63, 3.8) is 0 Å². The van der Waals surface area contributed by atoms with Crippen molar-refractivity contribution < 1.29 is 14.7 Å². The molecule has 1 atom stereocenters. The second-order valence-electron chi connectivity index (χ2n) is 5.12. The van der Waals surface area contributed by atoms with Gasteiger partial charge in [-0.15, -0.1) is 0 Å². The first-order chi connectivity index (χ1) is 8.46. The molecule has 0 heterocycles. The maximum absolute atomic E-state index is 12.0. The highest BCUT2D eigenvalue weighted by Crippen LogP contribution is 2.28. The van der Waals surface area contributed by atoms with Gasteiger partial charge in [-0.3, -0.25) is 9.59 Å². The highest BCUT2D eigenvalue weighted by Gasteiger charge is 2.30. The molecule has 0 spiro atoms. The molecule has 4 heteroatoms. The van der Waals surface area contributed by atoms with Crippen LogP contribution < -0.4 is 5.32 Å². The van der Waals surface area contributed by atoms with Gasteiger partial charge in [-0.05, 0) is 12.8 Å². The Hall–Kier alpha value is -1.06. The number of carbonyl (C=O) groups excluding carboxylic acids is 1. The summed E-state index contributed by atoms with van der Waals surface area (Å²) in [6.07, 6.45) is 6.27. The Morgan fingerprint density at radius 1 is 1.17 bits per heavy atom. The summed E-state index contributed by atoms with van der Waals surface area (Å²) in [6.45, 7) is 6.36. The Labute approximate surface area is 110 Å². The molecule has 0 saturated heterocycles. The van der Waals surface area contributed by atoms with Crippen LogP contribution in [-0.4, -0.2) is 23.5 Å². The summed E-state index contributed by atoms with van der Waals surface area (Å²) in [4.78, 5) is 22.4. The van der Waals surface area contributed by atoms with Crippen molar-refractivity contribution in [1.82, 2.24) is 5.32 Å². The molecule has 0 saturated carbocycles. The largest absolute Gasteiger partial charge is 0.481 e. The van der Waals surface area contributed by atoms with E-state index in [4.69, 9.17) is 5.11 Å². The number of unbranched alkanes of at least 4 members (excludes halogenated alkanes) is 3. The fraction of sp³-hybridized carbons (Fsp3) is 0.857. The van der Waals surface area contributed by atoms with Crippen molar-refractivity contribution in [2.75, 3.05) is 6.54 Å². The van der Waals surface area contributed by atoms with Gasteiger partial charge in [-0.2, -0.15) is 0 Å². The number of amides is 1. The molecule has 0 fully saturated rings. The smallest absolute Gasteiger partial charge is 0.305 e. The van der Waals surface area contributed by atoms with Crippen molar-refractivity contribution in [3.8, 4) is 0 Å². The van der Waals surface area contributed by atoms with Gasteiger partial charge in [0.25, 0.3) is 0 Å². The Kier molecular flexibility index (Phi) is 8.42. The van der Waals surface area contributed by atoms with E-state index in [0.717, 1.165) is 25.7 Å². The van der Waals surface area contributed by atoms with Crippen LogP contribution in [0.25, 0.3) is 0 Å². The molecule has 0 rings (SSSR count). The third-order valence-corrected chi connectivity index (χ3v) is 3.54. The van der Waals surface area contributed by atoms with Gasteiger partial charge in [-0.1, -0.05) is 46.5 Å². The van der Waals surface area contributed by atoms with E-state index in [1.54, 1.807) is 0 Å². The molecule has 0 aromatic heterocycles. The maximum atomic E-state index is 12.0. The van der Waals surface area contributed by atoms with Gasteiger partial charge in [0, 0.05) is 12.0 Å². The Morgan fingerprint density at radius 3 is 2.33 bits per heavy atom. The van der Waals surface area contributed by atoms with Gasteiger partial charge >= 0.3 is 5.97 Å². The SMILES string of the molecule is CCCCCCC(C)(CC)C(=O)NCCC(=O)O. The monoisotopic (exact) mass is 257 g/mol. The van der Waals surface area contributed by atoms with Crippen LogP contribution in [0.3, 0.4) is 0 Å². The van der Waals surface area contributed by atoms with Crippen molar-refractivity contribution >= 4 is 11.9 Å². The van der Waals surface area contributed by atoms with E-state index in [0.29, 0.717) is 0 Å². The second kappa shape index (κ2) is 8.95. The van der Waals surface area contributed by atoms with Crippen molar-refractivity contribution in [3.05, 3.63) is 0 Å². The molecule has 1 unspecified atom stereocenters. The van der Waals surface area contributed by atoms with Gasteiger partial charge in [0.05, 0.1) is 6.42 Å². The minimum Gasteiger partial charge on any atom is -0.481 e. The van der Waals surface area contributed by atoms with Crippen LogP contribution in [-0.2, 0) is 9.59 Å². The summed E-state index contributed by atoms with van der Waals surface area (Å²) in [6, 6.07) is 0. The predicted molar refractivity (Wildman–Crippen MR) is 72.4 cm³/mol. The molecule has 0 aliphatic heterocycles. The fourth-order valence-corrected chi connectivity index (χ4v) is 1.89. The van der Waals surface area contributed by atoms with Crippen LogP contribution in [0.1, 0.15) is 65.7 Å². The number of carbonyl (C=O) groups is 2. The summed E-state index contributed by atoms with van der Waals surface area (Å²) in [7, 11) is 0. The van der Waals surface area contributed by atoms with E-state index in [-0.39, 0.29) is 24.3 Å². The lowest BCUT2D eigenvalue weighted by atomic mass is 9.81. The quantitative estimate of drug-likeness (QED) is 0.591. The van der Waals surface area contributed by atoms with E-state index in [2.05, 4.69) is 12.2 Å². The zero-order valence-corrected chi connectivity index (χ0v) is 11.9. The normalized spacial score (nSPS) is 13.9. The van der Waals surface area contributed by atoms with Crippen molar-refractivity contribution in [2.45, 2.75) is 65.7 Å². The highest BCUT2D eigenvalue weighted by atomic mass is 16.4. The van der Waals surface area contributed by atoms with Gasteiger partial charge in [0.1, 0.15) is 0 Å². The number of rotatable bonds is 10. The first-order valence-electron chi connectivity index (χ1n) is 6.96. The molecule has 0 radical (unpaired) electrons. The van der Waals surface area contributed by atoms with Crippen LogP contribution in [0.4, 0.5) is 0 Å². The lowest BCUT2D eigenvalue weighted by molar-refractivity contribution is -0.137. The Balaban J connectivity index is 4.08. The fourth-order valence-electron chi connectivity index (χ4n) is 1.89. The number of hydrogen-bond acceptors (Lipinski definition) is 2. The van der Waals surface area contributed by atoms with E-state index < -0.39 is 5.97 Å². The number of aliphatic carboxylic acids is 1. The molecule has 4 nitrogen and oxygen atoms in total. The van der Waals surface area contributed by atoms with Crippen molar-refractivity contribution in [1.29, 1.82) is 0 Å². The summed E-state index contributed by atoms with van der Waals surface area (Å²) in [5.41, 5.74) is -0.355. The first-order valence-corrected chi connectivity index (χ1v) is 6.96. The number of carboxylic acid groups (broad SMARTS) is 1. The summed E-state index contributed by atoms with van der Waals surface area (Å²) < 4.78 is 0. The molecule has 0 aromatic carbocycles. The molecule has 106 valence electrons. The van der Waals surface area contributed by atoms with Crippen LogP contribution in [0.5, 0.6) is 0 Å². The van der Waals surface area contributed by atoms with E-state index in [1.807, 2.05) is 13.8 Å². The molecule has 1 amide bonds. The van der Waals surface area contributed by atoms with Crippen molar-refractivity contribution in [2.24, 2.45) is 5.41 Å². The van der Waals surface area contributed by atoms with E-state index >= 15 is 0 Å². The number of nitrogens with one attached hydrogen (secondary N) is 1. The molecule has 2 N–H and O–H groups in total. The standard InChI is InChI=1S/C14H27NO3/c1-4-6-7-8-10-14(3,5-2)13(18)15-11-9-12(16)17/h4-11H2,1-3H3,(H,15,18)(H,16,17). The third-order valence-electron chi connectivity index (χ3n) is 3.54. The number of carboxylic acids is 1. The van der Waals surface area contributed by atoms with Gasteiger partial charge in [0.2, 0.25) is 5.91 Å². The Morgan fingerprint density at radius 2 is 1.83 bits per heavy atom. The average Bonchev–Trinajstić information content (AvgIpc) is 2.33. The third kappa shape index (κ3) is 6.62. The minimum atomic E-state index is -0.878. The van der Waals surface area contributed by atoms with Gasteiger partial charge < -0.3 is 10.4 Å². The summed E-state index contributed by atoms with van der Waals surface area (Å²) >= 11 is 0. The zero-order chi connectivity index (χ0) is 14.0. The zero-order valence-electron chi connectivity index (χ0n) is 11.9. The Bertz CT molecular complexity index is 266. The first kappa shape index (κ1) is 16.9. The molecule has 0 aliphatic rings. The summed E-state index contributed by atoms with van der Waals surface area (Å²) in [5.74, 6) is -0.890. The molecule has 0 aromatic rings. The van der Waals surface area contributed by atoms with E-state index in [1.165, 1.54) is 12.8 Å². The highest BCUT2D eigenvalue weighted by molar-refractivity contribution is 5.82. The molecule has 0 bridgehead atoms. The molecule has 0 aliphatic carbocycles. The molecule has 18 heavy (non-hydrogen) atoms. The maximum Gasteiger partial charge on any atom is 0.305 e. The second-order valence-corrected chi connectivity index (χ2v) is 5.12. The predicted octanol–water partition coefficient (Wildman–Crippen LogP) is 2.96. The van der Waals surface area contributed by atoms with Crippen LogP contribution >= 0.6 is 0 Å².